The largest absolute Gasteiger partial charge is 0.309 e. The van der Waals surface area contributed by atoms with Crippen LogP contribution < -0.4 is 10.9 Å². The van der Waals surface area contributed by atoms with E-state index in [2.05, 4.69) is 53.1 Å². The number of pyridine rings is 2. The predicted molar refractivity (Wildman–Crippen MR) is 122 cm³/mol. The number of piperidine rings is 1. The van der Waals surface area contributed by atoms with Gasteiger partial charge in [0.25, 0.3) is 5.56 Å². The van der Waals surface area contributed by atoms with Crippen molar-refractivity contribution in [3.8, 4) is 0 Å². The van der Waals surface area contributed by atoms with E-state index < -0.39 is 5.82 Å². The van der Waals surface area contributed by atoms with Gasteiger partial charge < -0.3 is 14.8 Å². The molecule has 1 aliphatic rings. The first-order chi connectivity index (χ1) is 14.0. The molecule has 0 spiro atoms. The quantitative estimate of drug-likeness (QED) is 0.501. The Balaban J connectivity index is 1.30. The second-order valence-electron chi connectivity index (χ2n) is 7.21. The minimum absolute atomic E-state index is 0.116. The number of nitrogens with zero attached hydrogens (tertiary/aromatic N) is 3. The summed E-state index contributed by atoms with van der Waals surface area (Å²) in [7, 11) is 0. The van der Waals surface area contributed by atoms with E-state index in [1.807, 2.05) is 0 Å². The monoisotopic (exact) mass is 542 g/mol. The summed E-state index contributed by atoms with van der Waals surface area (Å²) in [6.45, 7) is 4.16. The summed E-state index contributed by atoms with van der Waals surface area (Å²) in [6.07, 6.45) is 3.34. The Morgan fingerprint density at radius 3 is 2.72 bits per heavy atom. The van der Waals surface area contributed by atoms with Crippen LogP contribution in [0.4, 0.5) is 4.39 Å². The average Bonchev–Trinajstić information content (AvgIpc) is 3.04. The number of hydrogen-bond donors (Lipinski definition) is 1. The molecule has 1 N–H and O–H groups in total. The van der Waals surface area contributed by atoms with Crippen LogP contribution in [0.15, 0.2) is 43.5 Å². The van der Waals surface area contributed by atoms with Gasteiger partial charge in [-0.25, -0.2) is 4.39 Å². The molecule has 1 saturated heterocycles. The van der Waals surface area contributed by atoms with E-state index in [0.717, 1.165) is 47.3 Å². The molecule has 0 saturated carbocycles. The summed E-state index contributed by atoms with van der Waals surface area (Å²) in [5.41, 5.74) is 1.08. The van der Waals surface area contributed by atoms with Crippen molar-refractivity contribution in [1.82, 2.24) is 19.8 Å². The van der Waals surface area contributed by atoms with Gasteiger partial charge in [-0.1, -0.05) is 0 Å². The van der Waals surface area contributed by atoms with E-state index in [0.29, 0.717) is 23.6 Å². The minimum atomic E-state index is -0.423. The smallest absolute Gasteiger partial charge is 0.251 e. The van der Waals surface area contributed by atoms with Crippen LogP contribution >= 0.6 is 43.2 Å². The zero-order valence-corrected chi connectivity index (χ0v) is 19.7. The molecule has 5 nitrogen and oxygen atoms in total. The first-order valence-electron chi connectivity index (χ1n) is 9.54. The first kappa shape index (κ1) is 21.1. The van der Waals surface area contributed by atoms with Gasteiger partial charge in [0.1, 0.15) is 5.82 Å². The van der Waals surface area contributed by atoms with E-state index in [1.54, 1.807) is 22.0 Å². The highest BCUT2D eigenvalue weighted by molar-refractivity contribution is 9.13. The van der Waals surface area contributed by atoms with Gasteiger partial charge in [0.15, 0.2) is 0 Å². The molecule has 1 fully saturated rings. The van der Waals surface area contributed by atoms with Crippen molar-refractivity contribution in [3.63, 3.8) is 0 Å². The van der Waals surface area contributed by atoms with Gasteiger partial charge in [-0.05, 0) is 69.9 Å². The highest BCUT2D eigenvalue weighted by Gasteiger charge is 2.19. The SMILES string of the molecule is O=c1ccc2ncc(F)cc2n1CCN1CCC(NCc2cc(Br)c(Br)s2)CC1. The fraction of sp³-hybridized carbons (Fsp3) is 0.400. The lowest BCUT2D eigenvalue weighted by Gasteiger charge is -2.32. The van der Waals surface area contributed by atoms with Crippen LogP contribution in [-0.2, 0) is 13.1 Å². The Bertz CT molecular complexity index is 1040. The van der Waals surface area contributed by atoms with Gasteiger partial charge in [-0.2, -0.15) is 0 Å². The molecule has 29 heavy (non-hydrogen) atoms. The standard InChI is InChI=1S/C20H21Br2FN4OS/c21-16-10-15(29-20(16)22)12-24-14-3-5-26(6-4-14)7-8-27-18-9-13(23)11-25-17(18)1-2-19(27)28/h1-2,9-11,14,24H,3-8,12H2. The molecule has 0 aromatic carbocycles. The summed E-state index contributed by atoms with van der Waals surface area (Å²) in [5.74, 6) is -0.423. The third-order valence-corrected chi connectivity index (χ3v) is 8.55. The third kappa shape index (κ3) is 5.14. The number of thiophene rings is 1. The van der Waals surface area contributed by atoms with Gasteiger partial charge >= 0.3 is 0 Å². The van der Waals surface area contributed by atoms with Crippen molar-refractivity contribution < 1.29 is 4.39 Å². The van der Waals surface area contributed by atoms with Crippen molar-refractivity contribution in [2.45, 2.75) is 32.0 Å². The Morgan fingerprint density at radius 2 is 2.00 bits per heavy atom. The maximum Gasteiger partial charge on any atom is 0.251 e. The summed E-state index contributed by atoms with van der Waals surface area (Å²) < 4.78 is 17.5. The number of likely N-dealkylation sites (tertiary alicyclic amines) is 1. The molecule has 3 aromatic heterocycles. The van der Waals surface area contributed by atoms with Crippen LogP contribution in [0.25, 0.3) is 11.0 Å². The van der Waals surface area contributed by atoms with Crippen LogP contribution in [0.5, 0.6) is 0 Å². The van der Waals surface area contributed by atoms with Crippen molar-refractivity contribution in [2.75, 3.05) is 19.6 Å². The topological polar surface area (TPSA) is 50.2 Å². The van der Waals surface area contributed by atoms with Crippen molar-refractivity contribution in [1.29, 1.82) is 0 Å². The molecule has 0 radical (unpaired) electrons. The van der Waals surface area contributed by atoms with Gasteiger partial charge in [0.05, 0.1) is 21.0 Å². The summed E-state index contributed by atoms with van der Waals surface area (Å²) in [5, 5.41) is 3.65. The molecule has 0 unspecified atom stereocenters. The van der Waals surface area contributed by atoms with Gasteiger partial charge in [0, 0.05) is 47.2 Å². The molecule has 3 aromatic rings. The van der Waals surface area contributed by atoms with E-state index in [4.69, 9.17) is 0 Å². The molecule has 4 rings (SSSR count). The normalized spacial score (nSPS) is 16.0. The lowest BCUT2D eigenvalue weighted by molar-refractivity contribution is 0.191. The number of hydrogen-bond acceptors (Lipinski definition) is 5. The van der Waals surface area contributed by atoms with Gasteiger partial charge in [-0.15, -0.1) is 11.3 Å². The van der Waals surface area contributed by atoms with E-state index in [1.165, 1.54) is 23.2 Å². The molecule has 0 atom stereocenters. The fourth-order valence-electron chi connectivity index (χ4n) is 3.70. The van der Waals surface area contributed by atoms with Crippen LogP contribution in [0, 0.1) is 5.82 Å². The zero-order chi connectivity index (χ0) is 20.4. The minimum Gasteiger partial charge on any atom is -0.309 e. The first-order valence-corrected chi connectivity index (χ1v) is 11.9. The molecule has 0 aliphatic carbocycles. The molecule has 1 aliphatic heterocycles. The van der Waals surface area contributed by atoms with Crippen LogP contribution in [0.3, 0.4) is 0 Å². The molecular weight excluding hydrogens is 523 g/mol. The van der Waals surface area contributed by atoms with E-state index >= 15 is 0 Å². The summed E-state index contributed by atoms with van der Waals surface area (Å²) in [4.78, 5) is 20.0. The van der Waals surface area contributed by atoms with Crippen molar-refractivity contribution in [3.05, 3.63) is 59.8 Å². The Kier molecular flexibility index (Phi) is 6.80. The summed E-state index contributed by atoms with van der Waals surface area (Å²) in [6, 6.07) is 7.20. The molecular formula is C20H21Br2FN4OS. The zero-order valence-electron chi connectivity index (χ0n) is 15.7. The third-order valence-electron chi connectivity index (χ3n) is 5.29. The van der Waals surface area contributed by atoms with Crippen molar-refractivity contribution in [2.24, 2.45) is 0 Å². The molecule has 9 heteroatoms. The van der Waals surface area contributed by atoms with Gasteiger partial charge in [-0.3, -0.25) is 9.78 Å². The maximum absolute atomic E-state index is 13.6. The van der Waals surface area contributed by atoms with Crippen molar-refractivity contribution >= 4 is 54.2 Å². The molecule has 154 valence electrons. The Morgan fingerprint density at radius 1 is 1.21 bits per heavy atom. The van der Waals surface area contributed by atoms with E-state index in [-0.39, 0.29) is 5.56 Å². The molecule has 0 amide bonds. The lowest BCUT2D eigenvalue weighted by atomic mass is 10.1. The number of nitrogens with one attached hydrogen (secondary N) is 1. The number of aromatic nitrogens is 2. The average molecular weight is 544 g/mol. The summed E-state index contributed by atoms with van der Waals surface area (Å²) >= 11 is 8.81. The molecule has 0 bridgehead atoms. The highest BCUT2D eigenvalue weighted by Crippen LogP contribution is 2.32. The fourth-order valence-corrected chi connectivity index (χ4v) is 5.83. The van der Waals surface area contributed by atoms with Crippen LogP contribution in [0.2, 0.25) is 0 Å². The number of fused-ring (bicyclic) bond motifs is 1. The predicted octanol–water partition coefficient (Wildman–Crippen LogP) is 4.38. The van der Waals surface area contributed by atoms with Crippen LogP contribution in [0.1, 0.15) is 17.7 Å². The number of rotatable bonds is 6. The number of halogens is 3. The lowest BCUT2D eigenvalue weighted by Crippen LogP contribution is -2.43. The maximum atomic E-state index is 13.6. The highest BCUT2D eigenvalue weighted by atomic mass is 79.9. The van der Waals surface area contributed by atoms with Crippen LogP contribution in [-0.4, -0.2) is 40.1 Å². The van der Waals surface area contributed by atoms with Gasteiger partial charge in [0.2, 0.25) is 0 Å². The second kappa shape index (κ2) is 9.34. The molecule has 4 heterocycles. The van der Waals surface area contributed by atoms with E-state index in [9.17, 15) is 9.18 Å². The Hall–Kier alpha value is -1.13. The second-order valence-corrected chi connectivity index (χ2v) is 10.5. The Labute approximate surface area is 189 Å².